The van der Waals surface area contributed by atoms with Crippen molar-refractivity contribution in [2.45, 2.75) is 6.42 Å². The highest BCUT2D eigenvalue weighted by atomic mass is 35.5. The third-order valence-electron chi connectivity index (χ3n) is 6.99. The van der Waals surface area contributed by atoms with Gasteiger partial charge in [0.15, 0.2) is 29.2 Å². The fourth-order valence-corrected chi connectivity index (χ4v) is 7.79. The highest BCUT2D eigenvalue weighted by Crippen LogP contribution is 2.48. The summed E-state index contributed by atoms with van der Waals surface area (Å²) in [5.74, 6) is 3.90. The van der Waals surface area contributed by atoms with Crippen LogP contribution in [-0.4, -0.2) is 63.7 Å². The molecule has 0 amide bonds. The van der Waals surface area contributed by atoms with Crippen molar-refractivity contribution in [1.82, 2.24) is 9.76 Å². The second-order valence-electron chi connectivity index (χ2n) is 9.34. The number of hydrogen-bond acceptors (Lipinski definition) is 6. The number of pyridine rings is 1. The largest absolute Gasteiger partial charge is 0.493 e. The van der Waals surface area contributed by atoms with Gasteiger partial charge < -0.3 is 23.5 Å². The minimum atomic E-state index is -2.84. The fourth-order valence-electron chi connectivity index (χ4n) is 5.15. The Morgan fingerprint density at radius 3 is 2.35 bits per heavy atom. The Morgan fingerprint density at radius 1 is 0.975 bits per heavy atom. The predicted octanol–water partition coefficient (Wildman–Crippen LogP) is 5.60. The van der Waals surface area contributed by atoms with Crippen LogP contribution in [0.5, 0.6) is 23.0 Å². The summed E-state index contributed by atoms with van der Waals surface area (Å²) in [4.78, 5) is 0. The molecule has 3 heterocycles. The van der Waals surface area contributed by atoms with Crippen LogP contribution in [0.1, 0.15) is 6.42 Å². The monoisotopic (exact) mass is 608 g/mol. The Labute approximate surface area is 243 Å². The van der Waals surface area contributed by atoms with Gasteiger partial charge in [-0.1, -0.05) is 6.07 Å². The van der Waals surface area contributed by atoms with Crippen molar-refractivity contribution in [3.63, 3.8) is 0 Å². The van der Waals surface area contributed by atoms with Gasteiger partial charge in [-0.15, -0.1) is 23.2 Å². The predicted molar refractivity (Wildman–Crippen MR) is 159 cm³/mol. The number of fused-ring (bicyclic) bond motifs is 6. The number of hydrogen-bond donors (Lipinski definition) is 1. The first kappa shape index (κ1) is 29.0. The standard InChI is InChI=1S/C21H18NO4.C7H15Cl2N2O2P/c1-22-10-16-13(6-7-17(23-2)21(16)24-3)14-5-4-12-8-18-19(26-11-25-18)9-15(12)20(14)22;8-2-5-11(6-3-9)14(12)10-4-1-7-13-14/h4-10H,11H2,1-3H3;1-7H2,(H,10,12)/q+1;. The molecule has 0 saturated carbocycles. The first-order chi connectivity index (χ1) is 19.4. The lowest BCUT2D eigenvalue weighted by molar-refractivity contribution is -0.642. The number of methoxy groups -OCH3 is 2. The second kappa shape index (κ2) is 12.6. The van der Waals surface area contributed by atoms with Crippen LogP contribution in [0.25, 0.3) is 32.4 Å². The van der Waals surface area contributed by atoms with Crippen LogP contribution in [0, 0.1) is 0 Å². The van der Waals surface area contributed by atoms with E-state index in [-0.39, 0.29) is 6.79 Å². The lowest BCUT2D eigenvalue weighted by Crippen LogP contribution is -2.35. The zero-order valence-electron chi connectivity index (χ0n) is 22.7. The van der Waals surface area contributed by atoms with Crippen molar-refractivity contribution in [2.75, 3.05) is 59.0 Å². The number of halogens is 2. The summed E-state index contributed by atoms with van der Waals surface area (Å²) in [7, 11) is 2.53. The quantitative estimate of drug-likeness (QED) is 0.126. The minimum absolute atomic E-state index is 0.273. The van der Waals surface area contributed by atoms with Gasteiger partial charge in [0.1, 0.15) is 7.05 Å². The molecule has 3 aromatic carbocycles. The molecule has 1 fully saturated rings. The van der Waals surface area contributed by atoms with Gasteiger partial charge in [0.25, 0.3) is 0 Å². The molecule has 2 aliphatic heterocycles. The lowest BCUT2D eigenvalue weighted by atomic mass is 10.00. The van der Waals surface area contributed by atoms with Gasteiger partial charge in [0.05, 0.1) is 37.0 Å². The van der Waals surface area contributed by atoms with E-state index in [2.05, 4.69) is 40.1 Å². The van der Waals surface area contributed by atoms with Crippen LogP contribution >= 0.6 is 30.9 Å². The third kappa shape index (κ3) is 5.51. The van der Waals surface area contributed by atoms with Gasteiger partial charge in [0.2, 0.25) is 12.3 Å². The molecule has 2 aliphatic rings. The first-order valence-corrected chi connectivity index (χ1v) is 15.6. The number of nitrogens with zero attached hydrogens (tertiary/aromatic N) is 2. The van der Waals surface area contributed by atoms with Crippen molar-refractivity contribution in [1.29, 1.82) is 0 Å². The zero-order chi connectivity index (χ0) is 28.3. The molecule has 0 radical (unpaired) electrons. The molecule has 1 unspecified atom stereocenters. The van der Waals surface area contributed by atoms with Crippen molar-refractivity contribution >= 4 is 63.3 Å². The van der Waals surface area contributed by atoms with Crippen molar-refractivity contribution in [3.05, 3.63) is 42.6 Å². The van der Waals surface area contributed by atoms with E-state index in [1.54, 1.807) is 18.9 Å². The van der Waals surface area contributed by atoms with Crippen LogP contribution in [0.3, 0.4) is 0 Å². The average Bonchev–Trinajstić information content (AvgIpc) is 3.43. The number of rotatable bonds is 7. The SMILES string of the molecule is COc1ccc2c(c[n+](C)c3c4cc5c(cc4ccc23)OCO5)c1OC.O=P1(N(CCCl)CCCl)NCCCO1. The molecule has 6 rings (SSSR count). The van der Waals surface area contributed by atoms with Crippen molar-refractivity contribution < 1.29 is 32.6 Å². The second-order valence-corrected chi connectivity index (χ2v) is 12.3. The summed E-state index contributed by atoms with van der Waals surface area (Å²) in [6.45, 7) is 2.58. The molecule has 1 saturated heterocycles. The number of nitrogens with one attached hydrogen (secondary N) is 1. The molecule has 0 spiro atoms. The van der Waals surface area contributed by atoms with E-state index >= 15 is 0 Å². The summed E-state index contributed by atoms with van der Waals surface area (Å²) in [5.41, 5.74) is 1.14. The minimum Gasteiger partial charge on any atom is -0.493 e. The summed E-state index contributed by atoms with van der Waals surface area (Å²) >= 11 is 11.2. The van der Waals surface area contributed by atoms with E-state index in [4.69, 9.17) is 46.7 Å². The molecule has 0 aliphatic carbocycles. The van der Waals surface area contributed by atoms with E-state index in [0.29, 0.717) is 31.5 Å². The molecule has 0 bridgehead atoms. The fraction of sp³-hybridized carbons (Fsp3) is 0.393. The maximum absolute atomic E-state index is 12.2. The molecule has 12 heteroatoms. The number of benzene rings is 3. The van der Waals surface area contributed by atoms with Gasteiger partial charge in [-0.25, -0.2) is 9.76 Å². The normalized spacial score (nSPS) is 18.2. The van der Waals surface area contributed by atoms with Crippen LogP contribution < -0.4 is 28.6 Å². The summed E-state index contributed by atoms with van der Waals surface area (Å²) in [6, 6.07) is 12.4. The Morgan fingerprint density at radius 2 is 1.70 bits per heavy atom. The van der Waals surface area contributed by atoms with E-state index in [9.17, 15) is 4.57 Å². The molecule has 214 valence electrons. The Balaban J connectivity index is 0.000000197. The van der Waals surface area contributed by atoms with Gasteiger partial charge in [0, 0.05) is 36.8 Å². The molecule has 1 N–H and O–H groups in total. The first-order valence-electron chi connectivity index (χ1n) is 13.0. The van der Waals surface area contributed by atoms with Crippen LogP contribution in [-0.2, 0) is 16.1 Å². The van der Waals surface area contributed by atoms with E-state index in [1.165, 1.54) is 0 Å². The summed E-state index contributed by atoms with van der Waals surface area (Å²) in [6.07, 6.45) is 2.97. The number of aryl methyl sites for hydroxylation is 1. The Hall–Kier alpha value is -2.52. The molecule has 1 atom stereocenters. The molecular weight excluding hydrogens is 576 g/mol. The average molecular weight is 609 g/mol. The third-order valence-corrected chi connectivity index (χ3v) is 9.63. The molecule has 9 nitrogen and oxygen atoms in total. The van der Waals surface area contributed by atoms with Gasteiger partial charge in [-0.05, 0) is 42.1 Å². The lowest BCUT2D eigenvalue weighted by Gasteiger charge is -2.33. The maximum atomic E-state index is 12.2. The van der Waals surface area contributed by atoms with E-state index in [1.807, 2.05) is 19.2 Å². The molecule has 1 aromatic heterocycles. The zero-order valence-corrected chi connectivity index (χ0v) is 25.2. The number of ether oxygens (including phenoxy) is 4. The Bertz CT molecular complexity index is 1570. The summed E-state index contributed by atoms with van der Waals surface area (Å²) in [5, 5.41) is 8.45. The van der Waals surface area contributed by atoms with Crippen molar-refractivity contribution in [2.24, 2.45) is 7.05 Å². The molecular formula is C28H33Cl2N3O6P+. The van der Waals surface area contributed by atoms with Crippen molar-refractivity contribution in [3.8, 4) is 23.0 Å². The smallest absolute Gasteiger partial charge is 0.343 e. The van der Waals surface area contributed by atoms with E-state index < -0.39 is 7.67 Å². The molecule has 4 aromatic rings. The van der Waals surface area contributed by atoms with Gasteiger partial charge in [-0.2, -0.15) is 4.57 Å². The van der Waals surface area contributed by atoms with E-state index in [0.717, 1.165) is 68.4 Å². The van der Waals surface area contributed by atoms with Crippen LogP contribution in [0.2, 0.25) is 0 Å². The molecule has 40 heavy (non-hydrogen) atoms. The van der Waals surface area contributed by atoms with Gasteiger partial charge in [-0.3, -0.25) is 4.57 Å². The van der Waals surface area contributed by atoms with Gasteiger partial charge >= 0.3 is 7.67 Å². The topological polar surface area (TPSA) is 82.4 Å². The number of aromatic nitrogens is 1. The summed E-state index contributed by atoms with van der Waals surface area (Å²) < 4.78 is 43.5. The number of alkyl halides is 2. The van der Waals surface area contributed by atoms with Crippen LogP contribution in [0.4, 0.5) is 0 Å². The maximum Gasteiger partial charge on any atom is 0.343 e. The highest BCUT2D eigenvalue weighted by molar-refractivity contribution is 7.54. The van der Waals surface area contributed by atoms with Crippen LogP contribution in [0.15, 0.2) is 42.6 Å². The Kier molecular flexibility index (Phi) is 9.10. The highest BCUT2D eigenvalue weighted by Gasteiger charge is 2.33.